The second-order valence-corrected chi connectivity index (χ2v) is 8.23. The molecule has 2 aromatic heterocycles. The van der Waals surface area contributed by atoms with Crippen molar-refractivity contribution in [3.05, 3.63) is 84.2 Å². The Morgan fingerprint density at radius 3 is 2.62 bits per heavy atom. The van der Waals surface area contributed by atoms with Crippen molar-refractivity contribution in [1.29, 1.82) is 0 Å². The van der Waals surface area contributed by atoms with Gasteiger partial charge in [0.15, 0.2) is 0 Å². The van der Waals surface area contributed by atoms with Crippen LogP contribution in [0, 0.1) is 11.8 Å². The maximum absolute atomic E-state index is 11.4. The van der Waals surface area contributed by atoms with E-state index in [0.717, 1.165) is 44.7 Å². The fourth-order valence-electron chi connectivity index (χ4n) is 4.15. The first-order valence-corrected chi connectivity index (χ1v) is 11.0. The highest BCUT2D eigenvalue weighted by Crippen LogP contribution is 2.32. The smallest absolute Gasteiger partial charge is 0.257 e. The van der Waals surface area contributed by atoms with E-state index in [9.17, 15) is 4.79 Å². The molecule has 3 aromatic carbocycles. The lowest BCUT2D eigenvalue weighted by Crippen LogP contribution is -2.13. The minimum atomic E-state index is 0.162. The Kier molecular flexibility index (Phi) is 5.52. The van der Waals surface area contributed by atoms with Crippen molar-refractivity contribution in [2.45, 2.75) is 20.3 Å². The van der Waals surface area contributed by atoms with Crippen molar-refractivity contribution in [1.82, 2.24) is 19.6 Å². The average Bonchev–Trinajstić information content (AvgIpc) is 3.32. The summed E-state index contributed by atoms with van der Waals surface area (Å²) in [5.41, 5.74) is 6.09. The Morgan fingerprint density at radius 1 is 1.03 bits per heavy atom. The van der Waals surface area contributed by atoms with Crippen molar-refractivity contribution < 1.29 is 4.79 Å². The maximum atomic E-state index is 11.4. The summed E-state index contributed by atoms with van der Waals surface area (Å²) in [6, 6.07) is 22.6. The van der Waals surface area contributed by atoms with E-state index in [1.165, 1.54) is 0 Å². The summed E-state index contributed by atoms with van der Waals surface area (Å²) in [5.74, 6) is 7.56. The number of carbonyl (C=O) groups excluding carboxylic acids is 1. The third kappa shape index (κ3) is 4.00. The van der Waals surface area contributed by atoms with Crippen molar-refractivity contribution in [2.75, 3.05) is 11.9 Å². The van der Waals surface area contributed by atoms with E-state index in [0.29, 0.717) is 12.2 Å². The molecule has 0 aliphatic heterocycles. The Hall–Kier alpha value is -4.50. The molecule has 0 amide bonds. The molecule has 34 heavy (non-hydrogen) atoms. The van der Waals surface area contributed by atoms with Crippen molar-refractivity contribution in [3.8, 4) is 23.0 Å². The van der Waals surface area contributed by atoms with E-state index >= 15 is 0 Å². The number of anilines is 2. The Bertz CT molecular complexity index is 1590. The molecular formula is C28H23N5O. The summed E-state index contributed by atoms with van der Waals surface area (Å²) in [7, 11) is 2.00. The van der Waals surface area contributed by atoms with Crippen LogP contribution in [0.2, 0.25) is 0 Å². The molecule has 6 heteroatoms. The first-order valence-electron chi connectivity index (χ1n) is 11.0. The van der Waals surface area contributed by atoms with Gasteiger partial charge in [-0.25, -0.2) is 0 Å². The highest BCUT2D eigenvalue weighted by molar-refractivity contribution is 5.94. The lowest BCUT2D eigenvalue weighted by Gasteiger charge is -2.21. The molecule has 0 aliphatic carbocycles. The van der Waals surface area contributed by atoms with Gasteiger partial charge in [0.05, 0.1) is 5.52 Å². The van der Waals surface area contributed by atoms with Gasteiger partial charge in [0.2, 0.25) is 0 Å². The first-order chi connectivity index (χ1) is 16.5. The molecule has 5 aromatic rings. The van der Waals surface area contributed by atoms with Crippen molar-refractivity contribution in [3.63, 3.8) is 0 Å². The molecule has 166 valence electrons. The van der Waals surface area contributed by atoms with Crippen LogP contribution >= 0.6 is 0 Å². The molecule has 0 saturated carbocycles. The van der Waals surface area contributed by atoms with Crippen LogP contribution < -0.4 is 4.90 Å². The number of hydrogen-bond donors (Lipinski definition) is 0. The summed E-state index contributed by atoms with van der Waals surface area (Å²) in [4.78, 5) is 18.3. The normalized spacial score (nSPS) is 10.8. The van der Waals surface area contributed by atoms with Crippen LogP contribution in [0.4, 0.5) is 11.5 Å². The van der Waals surface area contributed by atoms with E-state index < -0.39 is 0 Å². The molecule has 0 saturated heterocycles. The molecule has 0 N–H and O–H groups in total. The average molecular weight is 446 g/mol. The van der Waals surface area contributed by atoms with E-state index in [1.54, 1.807) is 13.3 Å². The molecule has 0 spiro atoms. The summed E-state index contributed by atoms with van der Waals surface area (Å²) in [6.45, 7) is 3.44. The van der Waals surface area contributed by atoms with Gasteiger partial charge in [-0.1, -0.05) is 42.3 Å². The second kappa shape index (κ2) is 8.80. The Balaban J connectivity index is 1.57. The molecule has 0 bridgehead atoms. The molecule has 0 aliphatic rings. The summed E-state index contributed by atoms with van der Waals surface area (Å²) in [5, 5.41) is 9.23. The van der Waals surface area contributed by atoms with Crippen LogP contribution in [-0.2, 0) is 11.2 Å². The van der Waals surface area contributed by atoms with Gasteiger partial charge in [-0.05, 0) is 60.9 Å². The van der Waals surface area contributed by atoms with Crippen LogP contribution in [0.15, 0.2) is 73.1 Å². The fourth-order valence-corrected chi connectivity index (χ4v) is 4.15. The SMILES string of the molecule is CC#Cc1ccc2c(N(C)c3cccc(-c4ccc(CC(C)=O)cc4)c3)nc3nncn3c2c1. The fraction of sp³-hybridized carbons (Fsp3) is 0.143. The number of hydrogen-bond acceptors (Lipinski definition) is 5. The largest absolute Gasteiger partial charge is 0.329 e. The van der Waals surface area contributed by atoms with E-state index in [4.69, 9.17) is 4.98 Å². The number of carbonyl (C=O) groups is 1. The molecule has 6 nitrogen and oxygen atoms in total. The van der Waals surface area contributed by atoms with Crippen LogP contribution in [0.5, 0.6) is 0 Å². The summed E-state index contributed by atoms with van der Waals surface area (Å²) in [6.07, 6.45) is 2.13. The molecule has 0 atom stereocenters. The lowest BCUT2D eigenvalue weighted by molar-refractivity contribution is -0.116. The number of nitrogens with zero attached hydrogens (tertiary/aromatic N) is 5. The van der Waals surface area contributed by atoms with Gasteiger partial charge in [-0.2, -0.15) is 4.98 Å². The third-order valence-corrected chi connectivity index (χ3v) is 5.79. The molecule has 0 fully saturated rings. The van der Waals surface area contributed by atoms with Gasteiger partial charge in [0, 0.05) is 30.1 Å². The minimum absolute atomic E-state index is 0.162. The Labute approximate surface area is 197 Å². The highest BCUT2D eigenvalue weighted by Gasteiger charge is 2.15. The first kappa shape index (κ1) is 21.4. The molecule has 2 heterocycles. The van der Waals surface area contributed by atoms with Crippen LogP contribution in [0.3, 0.4) is 0 Å². The van der Waals surface area contributed by atoms with Crippen LogP contribution in [0.25, 0.3) is 27.8 Å². The van der Waals surface area contributed by atoms with E-state index in [2.05, 4.69) is 57.3 Å². The highest BCUT2D eigenvalue weighted by atomic mass is 16.1. The second-order valence-electron chi connectivity index (χ2n) is 8.23. The summed E-state index contributed by atoms with van der Waals surface area (Å²) >= 11 is 0. The monoisotopic (exact) mass is 445 g/mol. The number of Topliss-reactive ketones (excluding diaryl/α,β-unsaturated/α-hetero) is 1. The molecular weight excluding hydrogens is 422 g/mol. The zero-order valence-corrected chi connectivity index (χ0v) is 19.3. The number of rotatable bonds is 5. The van der Waals surface area contributed by atoms with Crippen molar-refractivity contribution >= 4 is 34.0 Å². The maximum Gasteiger partial charge on any atom is 0.257 e. The van der Waals surface area contributed by atoms with Crippen LogP contribution in [0.1, 0.15) is 25.0 Å². The van der Waals surface area contributed by atoms with Gasteiger partial charge in [0.25, 0.3) is 5.78 Å². The summed E-state index contributed by atoms with van der Waals surface area (Å²) < 4.78 is 1.88. The lowest BCUT2D eigenvalue weighted by atomic mass is 10.0. The number of aromatic nitrogens is 4. The molecule has 0 radical (unpaired) electrons. The van der Waals surface area contributed by atoms with E-state index in [-0.39, 0.29) is 5.78 Å². The zero-order chi connectivity index (χ0) is 23.7. The minimum Gasteiger partial charge on any atom is -0.329 e. The predicted molar refractivity (Wildman–Crippen MR) is 135 cm³/mol. The van der Waals surface area contributed by atoms with Gasteiger partial charge in [-0.3, -0.25) is 9.20 Å². The topological polar surface area (TPSA) is 63.4 Å². The number of ketones is 1. The third-order valence-electron chi connectivity index (χ3n) is 5.79. The van der Waals surface area contributed by atoms with E-state index in [1.807, 2.05) is 54.8 Å². The zero-order valence-electron chi connectivity index (χ0n) is 19.3. The van der Waals surface area contributed by atoms with Crippen molar-refractivity contribution in [2.24, 2.45) is 0 Å². The predicted octanol–water partition coefficient (Wildman–Crippen LogP) is 5.22. The van der Waals surface area contributed by atoms with Gasteiger partial charge in [0.1, 0.15) is 17.9 Å². The van der Waals surface area contributed by atoms with Gasteiger partial charge < -0.3 is 4.90 Å². The van der Waals surface area contributed by atoms with Gasteiger partial charge >= 0.3 is 0 Å². The molecule has 0 unspecified atom stereocenters. The molecule has 5 rings (SSSR count). The van der Waals surface area contributed by atoms with Gasteiger partial charge in [-0.15, -0.1) is 16.1 Å². The standard InChI is InChI=1S/C28H23N5O/c1-4-6-20-11-14-25-26(16-20)33-18-29-31-28(33)30-27(25)32(3)24-8-5-7-23(17-24)22-12-9-21(10-13-22)15-19(2)34/h5,7-14,16-18H,15H2,1-3H3. The number of fused-ring (bicyclic) bond motifs is 3. The Morgan fingerprint density at radius 2 is 1.85 bits per heavy atom. The van der Waals surface area contributed by atoms with Crippen LogP contribution in [-0.4, -0.2) is 32.4 Å². The quantitative estimate of drug-likeness (QED) is 0.347. The number of benzene rings is 3.